The van der Waals surface area contributed by atoms with Crippen LogP contribution in [0.5, 0.6) is 0 Å². The number of halogens is 3. The van der Waals surface area contributed by atoms with Crippen LogP contribution in [-0.4, -0.2) is 44.6 Å². The molecule has 4 aliphatic rings. The second kappa shape index (κ2) is 10.8. The predicted molar refractivity (Wildman–Crippen MR) is 146 cm³/mol. The molecule has 5 nitrogen and oxygen atoms in total. The highest BCUT2D eigenvalue weighted by molar-refractivity contribution is 8.00. The Morgan fingerprint density at radius 1 is 1.08 bits per heavy atom. The maximum atomic E-state index is 14.2. The van der Waals surface area contributed by atoms with Crippen molar-refractivity contribution in [2.45, 2.75) is 88.8 Å². The lowest BCUT2D eigenvalue weighted by molar-refractivity contribution is -0.136. The first-order valence-corrected chi connectivity index (χ1v) is 15.7. The maximum absolute atomic E-state index is 14.2. The summed E-state index contributed by atoms with van der Waals surface area (Å²) < 4.78 is 45.7. The van der Waals surface area contributed by atoms with E-state index in [4.69, 9.17) is 0 Å². The molecule has 2 saturated heterocycles. The zero-order valence-corrected chi connectivity index (χ0v) is 23.2. The fourth-order valence-electron chi connectivity index (χ4n) is 7.73. The zero-order chi connectivity index (χ0) is 26.4. The van der Waals surface area contributed by atoms with Gasteiger partial charge < -0.3 is 5.32 Å². The molecule has 38 heavy (non-hydrogen) atoms. The molecule has 4 heterocycles. The smallest absolute Gasteiger partial charge is 0.304 e. The molecule has 0 amide bonds. The molecule has 1 N–H and O–H groups in total. The summed E-state index contributed by atoms with van der Waals surface area (Å²) in [5.74, 6) is 3.53. The maximum Gasteiger partial charge on any atom is 0.418 e. The van der Waals surface area contributed by atoms with Crippen molar-refractivity contribution in [1.82, 2.24) is 19.2 Å². The molecule has 210 valence electrons. The summed E-state index contributed by atoms with van der Waals surface area (Å²) in [5, 5.41) is 4.20. The van der Waals surface area contributed by atoms with E-state index < -0.39 is 11.7 Å². The number of pyridine rings is 1. The quantitative estimate of drug-likeness (QED) is 0.468. The summed E-state index contributed by atoms with van der Waals surface area (Å²) >= 11 is 2.03. The average molecular weight is 551 g/mol. The molecular formula is C29H41F3N4OS. The van der Waals surface area contributed by atoms with Crippen LogP contribution in [0.3, 0.4) is 0 Å². The SMILES string of the molecule is C[C@H]1CCCN(Cc2cc(C(F)(F)F)c3cn(C4CCCC([C@@H](C5CCC5)C5NCCS5)C4)c(=O)n3c2)C1. The summed E-state index contributed by atoms with van der Waals surface area (Å²) in [6.45, 7) is 5.46. The van der Waals surface area contributed by atoms with E-state index in [1.165, 1.54) is 35.9 Å². The minimum Gasteiger partial charge on any atom is -0.304 e. The molecule has 3 unspecified atom stereocenters. The third-order valence-corrected chi connectivity index (χ3v) is 11.0. The number of hydrogen-bond donors (Lipinski definition) is 1. The van der Waals surface area contributed by atoms with Gasteiger partial charge in [-0.1, -0.05) is 32.6 Å². The first kappa shape index (κ1) is 26.8. The lowest BCUT2D eigenvalue weighted by Crippen LogP contribution is -2.43. The van der Waals surface area contributed by atoms with Gasteiger partial charge in [0.25, 0.3) is 0 Å². The van der Waals surface area contributed by atoms with Gasteiger partial charge in [-0.05, 0) is 74.0 Å². The van der Waals surface area contributed by atoms with Crippen molar-refractivity contribution in [2.24, 2.45) is 23.7 Å². The Hall–Kier alpha value is -1.45. The van der Waals surface area contributed by atoms with Crippen LogP contribution in [0.25, 0.3) is 5.52 Å². The number of aromatic nitrogens is 2. The van der Waals surface area contributed by atoms with Gasteiger partial charge in [-0.2, -0.15) is 13.2 Å². The van der Waals surface area contributed by atoms with Crippen molar-refractivity contribution in [3.8, 4) is 0 Å². The first-order chi connectivity index (χ1) is 18.3. The Kier molecular flexibility index (Phi) is 7.64. The molecule has 5 atom stereocenters. The minimum atomic E-state index is -4.51. The van der Waals surface area contributed by atoms with Crippen LogP contribution in [-0.2, 0) is 12.7 Å². The van der Waals surface area contributed by atoms with Crippen LogP contribution in [0.4, 0.5) is 13.2 Å². The van der Waals surface area contributed by atoms with Gasteiger partial charge in [-0.3, -0.25) is 13.9 Å². The van der Waals surface area contributed by atoms with E-state index in [9.17, 15) is 18.0 Å². The highest BCUT2D eigenvalue weighted by atomic mass is 32.2. The Morgan fingerprint density at radius 3 is 2.55 bits per heavy atom. The fraction of sp³-hybridized carbons (Fsp3) is 0.759. The Morgan fingerprint density at radius 2 is 1.87 bits per heavy atom. The van der Waals surface area contributed by atoms with Gasteiger partial charge in [-0.15, -0.1) is 11.8 Å². The van der Waals surface area contributed by atoms with E-state index in [0.717, 1.165) is 69.8 Å². The van der Waals surface area contributed by atoms with Crippen LogP contribution in [0.15, 0.2) is 23.3 Å². The molecule has 6 rings (SSSR count). The van der Waals surface area contributed by atoms with Gasteiger partial charge in [0.1, 0.15) is 0 Å². The molecule has 0 radical (unpaired) electrons. The Labute approximate surface area is 227 Å². The minimum absolute atomic E-state index is 0.0102. The largest absolute Gasteiger partial charge is 0.418 e. The summed E-state index contributed by atoms with van der Waals surface area (Å²) in [7, 11) is 0. The second-order valence-electron chi connectivity index (χ2n) is 12.4. The van der Waals surface area contributed by atoms with Crippen LogP contribution in [0, 0.1) is 23.7 Å². The molecule has 2 aromatic heterocycles. The number of nitrogens with one attached hydrogen (secondary N) is 1. The predicted octanol–water partition coefficient (Wildman–Crippen LogP) is 6.16. The van der Waals surface area contributed by atoms with E-state index in [1.807, 2.05) is 11.8 Å². The van der Waals surface area contributed by atoms with Gasteiger partial charge in [0.05, 0.1) is 16.5 Å². The third kappa shape index (κ3) is 5.31. The summed E-state index contributed by atoms with van der Waals surface area (Å²) in [6, 6.07) is 1.24. The monoisotopic (exact) mass is 550 g/mol. The number of thioether (sulfide) groups is 1. The number of alkyl halides is 3. The highest BCUT2D eigenvalue weighted by Crippen LogP contribution is 2.48. The number of rotatable bonds is 6. The van der Waals surface area contributed by atoms with Gasteiger partial charge in [0, 0.05) is 43.8 Å². The standard InChI is InChI=1S/C29H41F3N4OS/c1-19-5-4-11-34(15-19)16-20-13-24(29(30,31)32)25-18-35(28(37)36(25)17-20)23-9-3-8-22(14-23)26(21-6-2-7-21)27-33-10-12-38-27/h13,17-19,21-23,26-27,33H,2-12,14-16H2,1H3/t19-,22?,23?,26+,27?/m0/s1. The molecule has 0 spiro atoms. The fourth-order valence-corrected chi connectivity index (χ4v) is 9.12. The summed E-state index contributed by atoms with van der Waals surface area (Å²) in [4.78, 5) is 15.9. The summed E-state index contributed by atoms with van der Waals surface area (Å²) in [5.41, 5.74) is -0.459. The van der Waals surface area contributed by atoms with Crippen LogP contribution < -0.4 is 11.0 Å². The van der Waals surface area contributed by atoms with Crippen LogP contribution in [0.1, 0.15) is 81.9 Å². The molecule has 2 aliphatic carbocycles. The number of likely N-dealkylation sites (tertiary alicyclic amines) is 1. The van der Waals surface area contributed by atoms with Crippen molar-refractivity contribution in [1.29, 1.82) is 0 Å². The molecule has 0 bridgehead atoms. The first-order valence-electron chi connectivity index (χ1n) is 14.7. The van der Waals surface area contributed by atoms with Crippen LogP contribution >= 0.6 is 11.8 Å². The molecule has 0 aromatic carbocycles. The zero-order valence-electron chi connectivity index (χ0n) is 22.4. The number of nitrogens with zero attached hydrogens (tertiary/aromatic N) is 3. The van der Waals surface area contributed by atoms with Crippen molar-refractivity contribution in [2.75, 3.05) is 25.4 Å². The summed E-state index contributed by atoms with van der Waals surface area (Å²) in [6.07, 6.45) is 8.68. The highest BCUT2D eigenvalue weighted by Gasteiger charge is 2.42. The molecular weight excluding hydrogens is 509 g/mol. The van der Waals surface area contributed by atoms with Crippen molar-refractivity contribution in [3.63, 3.8) is 0 Å². The molecule has 9 heteroatoms. The van der Waals surface area contributed by atoms with E-state index in [1.54, 1.807) is 10.8 Å². The Balaban J connectivity index is 1.30. The number of imidazole rings is 1. The van der Waals surface area contributed by atoms with Crippen molar-refractivity contribution >= 4 is 17.3 Å². The van der Waals surface area contributed by atoms with Gasteiger partial charge in [-0.25, -0.2) is 4.79 Å². The molecule has 2 saturated carbocycles. The molecule has 4 fully saturated rings. The van der Waals surface area contributed by atoms with E-state index >= 15 is 0 Å². The average Bonchev–Trinajstić information content (AvgIpc) is 3.49. The van der Waals surface area contributed by atoms with Gasteiger partial charge in [0.15, 0.2) is 0 Å². The molecule has 2 aliphatic heterocycles. The lowest BCUT2D eigenvalue weighted by atomic mass is 9.66. The van der Waals surface area contributed by atoms with E-state index in [-0.39, 0.29) is 17.2 Å². The third-order valence-electron chi connectivity index (χ3n) is 9.71. The van der Waals surface area contributed by atoms with Crippen LogP contribution in [0.2, 0.25) is 0 Å². The van der Waals surface area contributed by atoms with Gasteiger partial charge >= 0.3 is 11.9 Å². The van der Waals surface area contributed by atoms with Crippen molar-refractivity contribution in [3.05, 3.63) is 40.1 Å². The topological polar surface area (TPSA) is 41.7 Å². The van der Waals surface area contributed by atoms with E-state index in [0.29, 0.717) is 35.2 Å². The number of piperidine rings is 1. The number of fused-ring (bicyclic) bond motifs is 1. The number of hydrogen-bond acceptors (Lipinski definition) is 4. The van der Waals surface area contributed by atoms with E-state index in [2.05, 4.69) is 17.1 Å². The normalized spacial score (nSPS) is 30.5. The second-order valence-corrected chi connectivity index (χ2v) is 13.7. The van der Waals surface area contributed by atoms with Crippen molar-refractivity contribution < 1.29 is 13.2 Å². The molecule has 2 aromatic rings. The van der Waals surface area contributed by atoms with Gasteiger partial charge in [0.2, 0.25) is 0 Å². The Bertz CT molecular complexity index is 1180. The lowest BCUT2D eigenvalue weighted by Gasteiger charge is -2.44.